The summed E-state index contributed by atoms with van der Waals surface area (Å²) in [6.45, 7) is 3.60. The van der Waals surface area contributed by atoms with E-state index in [0.29, 0.717) is 19.3 Å². The van der Waals surface area contributed by atoms with Crippen molar-refractivity contribution < 1.29 is 15.0 Å². The molecule has 3 nitrogen and oxygen atoms in total. The predicted octanol–water partition coefficient (Wildman–Crippen LogP) is 1.65. The van der Waals surface area contributed by atoms with Crippen molar-refractivity contribution in [2.45, 2.75) is 45.6 Å². The lowest BCUT2D eigenvalue weighted by molar-refractivity contribution is -0.142. The maximum atomic E-state index is 10.5. The molecule has 0 aromatic rings. The Morgan fingerprint density at radius 3 is 2.33 bits per heavy atom. The lowest BCUT2D eigenvalue weighted by Crippen LogP contribution is -2.13. The smallest absolute Gasteiger partial charge is 0.306 e. The fourth-order valence-electron chi connectivity index (χ4n) is 1.16. The number of aliphatic hydroxyl groups excluding tert-OH is 1. The zero-order valence-corrected chi connectivity index (χ0v) is 7.79. The standard InChI is InChI=1S/C9H18O3/c1-3-8(9(11)12)6-4-5-7(2)10/h7-8,10H,3-6H2,1-2H3,(H,11,12). The fourth-order valence-corrected chi connectivity index (χ4v) is 1.16. The van der Waals surface area contributed by atoms with E-state index < -0.39 is 5.97 Å². The molecule has 0 heterocycles. The lowest BCUT2D eigenvalue weighted by atomic mass is 9.98. The Kier molecular flexibility index (Phi) is 5.72. The van der Waals surface area contributed by atoms with Crippen LogP contribution in [0.2, 0.25) is 0 Å². The van der Waals surface area contributed by atoms with Gasteiger partial charge >= 0.3 is 5.97 Å². The van der Waals surface area contributed by atoms with Crippen molar-refractivity contribution in [3.63, 3.8) is 0 Å². The zero-order valence-electron chi connectivity index (χ0n) is 7.79. The second kappa shape index (κ2) is 6.00. The maximum Gasteiger partial charge on any atom is 0.306 e. The zero-order chi connectivity index (χ0) is 9.56. The van der Waals surface area contributed by atoms with Crippen LogP contribution in [0.1, 0.15) is 39.5 Å². The third kappa shape index (κ3) is 5.13. The molecule has 0 aromatic carbocycles. The molecule has 0 amide bonds. The molecule has 2 atom stereocenters. The van der Waals surface area contributed by atoms with E-state index in [9.17, 15) is 4.79 Å². The van der Waals surface area contributed by atoms with Crippen LogP contribution >= 0.6 is 0 Å². The van der Waals surface area contributed by atoms with Gasteiger partial charge in [0.25, 0.3) is 0 Å². The molecule has 0 fully saturated rings. The second-order valence-corrected chi connectivity index (χ2v) is 3.22. The Morgan fingerprint density at radius 2 is 2.00 bits per heavy atom. The van der Waals surface area contributed by atoms with Gasteiger partial charge in [0.1, 0.15) is 0 Å². The summed E-state index contributed by atoms with van der Waals surface area (Å²) in [7, 11) is 0. The number of carboxylic acids is 1. The van der Waals surface area contributed by atoms with Gasteiger partial charge in [-0.2, -0.15) is 0 Å². The van der Waals surface area contributed by atoms with Crippen LogP contribution in [0.3, 0.4) is 0 Å². The molecular weight excluding hydrogens is 156 g/mol. The summed E-state index contributed by atoms with van der Waals surface area (Å²) in [5, 5.41) is 17.6. The first-order chi connectivity index (χ1) is 5.57. The molecule has 72 valence electrons. The number of hydrogen-bond donors (Lipinski definition) is 2. The molecule has 0 bridgehead atoms. The highest BCUT2D eigenvalue weighted by molar-refractivity contribution is 5.69. The summed E-state index contributed by atoms with van der Waals surface area (Å²) < 4.78 is 0. The van der Waals surface area contributed by atoms with Gasteiger partial charge in [-0.1, -0.05) is 13.3 Å². The number of aliphatic hydroxyl groups is 1. The summed E-state index contributed by atoms with van der Waals surface area (Å²) in [6.07, 6.45) is 2.54. The van der Waals surface area contributed by atoms with Crippen molar-refractivity contribution in [1.82, 2.24) is 0 Å². The molecule has 2 N–H and O–H groups in total. The van der Waals surface area contributed by atoms with Gasteiger partial charge < -0.3 is 10.2 Å². The molecule has 3 heteroatoms. The average molecular weight is 174 g/mol. The van der Waals surface area contributed by atoms with Crippen molar-refractivity contribution in [2.24, 2.45) is 5.92 Å². The van der Waals surface area contributed by atoms with Gasteiger partial charge in [0, 0.05) is 0 Å². The van der Waals surface area contributed by atoms with Gasteiger partial charge in [0.05, 0.1) is 12.0 Å². The number of carbonyl (C=O) groups is 1. The number of aliphatic carboxylic acids is 1. The van der Waals surface area contributed by atoms with Crippen molar-refractivity contribution in [2.75, 3.05) is 0 Å². The first-order valence-electron chi connectivity index (χ1n) is 4.48. The fraction of sp³-hybridized carbons (Fsp3) is 0.889. The minimum atomic E-state index is -0.719. The Morgan fingerprint density at radius 1 is 1.42 bits per heavy atom. The highest BCUT2D eigenvalue weighted by Gasteiger charge is 2.14. The van der Waals surface area contributed by atoms with Crippen LogP contribution in [-0.2, 0) is 4.79 Å². The molecule has 2 unspecified atom stereocenters. The van der Waals surface area contributed by atoms with Crippen molar-refractivity contribution >= 4 is 5.97 Å². The van der Waals surface area contributed by atoms with E-state index in [-0.39, 0.29) is 12.0 Å². The van der Waals surface area contributed by atoms with Gasteiger partial charge in [-0.25, -0.2) is 0 Å². The molecule has 0 rings (SSSR count). The van der Waals surface area contributed by atoms with E-state index in [4.69, 9.17) is 10.2 Å². The Balaban J connectivity index is 3.52. The van der Waals surface area contributed by atoms with Crippen LogP contribution in [-0.4, -0.2) is 22.3 Å². The monoisotopic (exact) mass is 174 g/mol. The van der Waals surface area contributed by atoms with Gasteiger partial charge in [0.15, 0.2) is 0 Å². The van der Waals surface area contributed by atoms with Gasteiger partial charge in [0.2, 0.25) is 0 Å². The minimum Gasteiger partial charge on any atom is -0.481 e. The van der Waals surface area contributed by atoms with E-state index in [2.05, 4.69) is 0 Å². The van der Waals surface area contributed by atoms with Crippen LogP contribution < -0.4 is 0 Å². The van der Waals surface area contributed by atoms with Crippen LogP contribution in [0.25, 0.3) is 0 Å². The van der Waals surface area contributed by atoms with Gasteiger partial charge in [-0.15, -0.1) is 0 Å². The van der Waals surface area contributed by atoms with E-state index in [1.807, 2.05) is 6.92 Å². The lowest BCUT2D eigenvalue weighted by Gasteiger charge is -2.09. The molecular formula is C9H18O3. The minimum absolute atomic E-state index is 0.233. The molecule has 0 aliphatic rings. The molecule has 0 radical (unpaired) electrons. The van der Waals surface area contributed by atoms with Crippen LogP contribution in [0, 0.1) is 5.92 Å². The van der Waals surface area contributed by atoms with E-state index in [0.717, 1.165) is 6.42 Å². The first-order valence-corrected chi connectivity index (χ1v) is 4.48. The average Bonchev–Trinajstić information content (AvgIpc) is 1.96. The maximum absolute atomic E-state index is 10.5. The number of hydrogen-bond acceptors (Lipinski definition) is 2. The molecule has 0 aromatic heterocycles. The molecule has 0 spiro atoms. The van der Waals surface area contributed by atoms with E-state index >= 15 is 0 Å². The summed E-state index contributed by atoms with van der Waals surface area (Å²) >= 11 is 0. The molecule has 0 aliphatic carbocycles. The second-order valence-electron chi connectivity index (χ2n) is 3.22. The number of carboxylic acid groups (broad SMARTS) is 1. The predicted molar refractivity (Wildman–Crippen MR) is 46.9 cm³/mol. The third-order valence-electron chi connectivity index (χ3n) is 2.02. The largest absolute Gasteiger partial charge is 0.481 e. The first kappa shape index (κ1) is 11.4. The van der Waals surface area contributed by atoms with Crippen molar-refractivity contribution in [3.8, 4) is 0 Å². The molecule has 0 aliphatic heterocycles. The van der Waals surface area contributed by atoms with E-state index in [1.165, 1.54) is 0 Å². The Bertz CT molecular complexity index is 132. The molecule has 0 saturated carbocycles. The summed E-state index contributed by atoms with van der Waals surface area (Å²) in [6, 6.07) is 0. The summed E-state index contributed by atoms with van der Waals surface area (Å²) in [5.41, 5.74) is 0. The van der Waals surface area contributed by atoms with E-state index in [1.54, 1.807) is 6.92 Å². The highest BCUT2D eigenvalue weighted by Crippen LogP contribution is 2.13. The highest BCUT2D eigenvalue weighted by atomic mass is 16.4. The van der Waals surface area contributed by atoms with Gasteiger partial charge in [-0.05, 0) is 26.2 Å². The van der Waals surface area contributed by atoms with Crippen LogP contribution in [0.15, 0.2) is 0 Å². The quantitative estimate of drug-likeness (QED) is 0.643. The third-order valence-corrected chi connectivity index (χ3v) is 2.02. The summed E-state index contributed by atoms with van der Waals surface area (Å²) in [5.74, 6) is -0.952. The summed E-state index contributed by atoms with van der Waals surface area (Å²) in [4.78, 5) is 10.5. The molecule has 0 saturated heterocycles. The normalized spacial score (nSPS) is 15.6. The Hall–Kier alpha value is -0.570. The topological polar surface area (TPSA) is 57.5 Å². The van der Waals surface area contributed by atoms with Crippen LogP contribution in [0.5, 0.6) is 0 Å². The van der Waals surface area contributed by atoms with Crippen molar-refractivity contribution in [1.29, 1.82) is 0 Å². The SMILES string of the molecule is CCC(CCCC(C)O)C(=O)O. The Labute approximate surface area is 73.4 Å². The van der Waals surface area contributed by atoms with Crippen LogP contribution in [0.4, 0.5) is 0 Å². The van der Waals surface area contributed by atoms with Gasteiger partial charge in [-0.3, -0.25) is 4.79 Å². The number of rotatable bonds is 6. The van der Waals surface area contributed by atoms with Crippen molar-refractivity contribution in [3.05, 3.63) is 0 Å². The molecule has 12 heavy (non-hydrogen) atoms.